The Morgan fingerprint density at radius 3 is 2.62 bits per heavy atom. The Balaban J connectivity index is 2.23. The lowest BCUT2D eigenvalue weighted by atomic mass is 9.96. The van der Waals surface area contributed by atoms with E-state index in [2.05, 4.69) is 0 Å². The first-order valence-electron chi connectivity index (χ1n) is 7.85. The molecule has 1 aliphatic heterocycles. The minimum Gasteiger partial charge on any atom is -0.382 e. The van der Waals surface area contributed by atoms with Crippen LogP contribution in [0.15, 0.2) is 24.3 Å². The van der Waals surface area contributed by atoms with Crippen LogP contribution in [0, 0.1) is 5.92 Å². The number of halogens is 3. The number of rotatable bonds is 5. The molecule has 1 aromatic rings. The molecule has 1 saturated heterocycles. The summed E-state index contributed by atoms with van der Waals surface area (Å²) in [5.74, 6) is -0.244. The quantitative estimate of drug-likeness (QED) is 0.822. The fraction of sp³-hybridized carbons (Fsp3) is 0.588. The molecule has 7 heteroatoms. The van der Waals surface area contributed by atoms with Gasteiger partial charge in [0.1, 0.15) is 0 Å². The van der Waals surface area contributed by atoms with Gasteiger partial charge in [-0.3, -0.25) is 4.79 Å². The van der Waals surface area contributed by atoms with Gasteiger partial charge in [0, 0.05) is 33.3 Å². The van der Waals surface area contributed by atoms with E-state index in [1.807, 2.05) is 0 Å². The number of methoxy groups -OCH3 is 1. The molecule has 0 N–H and O–H groups in total. The zero-order valence-electron chi connectivity index (χ0n) is 13.8. The van der Waals surface area contributed by atoms with Crippen molar-refractivity contribution in [3.63, 3.8) is 0 Å². The molecule has 0 saturated carbocycles. The smallest absolute Gasteiger partial charge is 0.382 e. The minimum absolute atomic E-state index is 0.0854. The van der Waals surface area contributed by atoms with Gasteiger partial charge in [0.05, 0.1) is 18.2 Å². The summed E-state index contributed by atoms with van der Waals surface area (Å²) in [5, 5.41) is 0. The largest absolute Gasteiger partial charge is 0.416 e. The SMILES string of the molecule is COCC(c1cccc(C(F)(F)F)c1)N(C)C(=O)C1CCOCC1. The molecule has 0 aromatic heterocycles. The molecule has 24 heavy (non-hydrogen) atoms. The number of benzene rings is 1. The molecule has 1 amide bonds. The van der Waals surface area contributed by atoms with Crippen LogP contribution in [-0.4, -0.2) is 44.8 Å². The Labute approximate surface area is 139 Å². The molecule has 1 atom stereocenters. The third-order valence-corrected chi connectivity index (χ3v) is 4.31. The van der Waals surface area contributed by atoms with Crippen molar-refractivity contribution in [2.75, 3.05) is 34.0 Å². The number of ether oxygens (including phenoxy) is 2. The Bertz CT molecular complexity index is 556. The topological polar surface area (TPSA) is 38.8 Å². The van der Waals surface area contributed by atoms with E-state index >= 15 is 0 Å². The van der Waals surface area contributed by atoms with Crippen molar-refractivity contribution in [2.45, 2.75) is 25.1 Å². The Kier molecular flexibility index (Phi) is 6.23. The number of hydrogen-bond acceptors (Lipinski definition) is 3. The van der Waals surface area contributed by atoms with E-state index in [0.717, 1.165) is 12.1 Å². The first-order chi connectivity index (χ1) is 11.3. The van der Waals surface area contributed by atoms with Crippen molar-refractivity contribution in [2.24, 2.45) is 5.92 Å². The number of likely N-dealkylation sites (N-methyl/N-ethyl adjacent to an activating group) is 1. The molecule has 0 spiro atoms. The zero-order valence-corrected chi connectivity index (χ0v) is 13.8. The third kappa shape index (κ3) is 4.48. The fourth-order valence-corrected chi connectivity index (χ4v) is 2.90. The van der Waals surface area contributed by atoms with Crippen LogP contribution in [0.5, 0.6) is 0 Å². The van der Waals surface area contributed by atoms with Gasteiger partial charge in [0.15, 0.2) is 0 Å². The second-order valence-electron chi connectivity index (χ2n) is 5.93. The molecule has 4 nitrogen and oxygen atoms in total. The predicted octanol–water partition coefficient (Wildman–Crippen LogP) is 3.28. The second kappa shape index (κ2) is 7.98. The van der Waals surface area contributed by atoms with Crippen LogP contribution in [0.25, 0.3) is 0 Å². The van der Waals surface area contributed by atoms with Crippen LogP contribution in [0.3, 0.4) is 0 Å². The standard InChI is InChI=1S/C17H22F3NO3/c1-21(16(22)12-6-8-24-9-7-12)15(11-23-2)13-4-3-5-14(10-13)17(18,19)20/h3-5,10,12,15H,6-9,11H2,1-2H3. The van der Waals surface area contributed by atoms with Gasteiger partial charge >= 0.3 is 6.18 Å². The number of amides is 1. The third-order valence-electron chi connectivity index (χ3n) is 4.31. The summed E-state index contributed by atoms with van der Waals surface area (Å²) in [6.07, 6.45) is -3.16. The lowest BCUT2D eigenvalue weighted by Crippen LogP contribution is -2.39. The Hall–Kier alpha value is -1.60. The van der Waals surface area contributed by atoms with Crippen molar-refractivity contribution in [1.29, 1.82) is 0 Å². The van der Waals surface area contributed by atoms with Gasteiger partial charge in [0.25, 0.3) is 0 Å². The van der Waals surface area contributed by atoms with Crippen LogP contribution in [0.4, 0.5) is 13.2 Å². The molecule has 1 unspecified atom stereocenters. The van der Waals surface area contributed by atoms with E-state index in [4.69, 9.17) is 9.47 Å². The van der Waals surface area contributed by atoms with E-state index in [-0.39, 0.29) is 18.4 Å². The molecular formula is C17H22F3NO3. The average Bonchev–Trinajstić information content (AvgIpc) is 2.58. The Morgan fingerprint density at radius 1 is 1.38 bits per heavy atom. The minimum atomic E-state index is -4.42. The van der Waals surface area contributed by atoms with Gasteiger partial charge < -0.3 is 14.4 Å². The molecule has 1 fully saturated rings. The summed E-state index contributed by atoms with van der Waals surface area (Å²) < 4.78 is 49.2. The maximum absolute atomic E-state index is 12.9. The monoisotopic (exact) mass is 345 g/mol. The molecule has 134 valence electrons. The molecule has 2 rings (SSSR count). The molecule has 0 radical (unpaired) electrons. The van der Waals surface area contributed by atoms with E-state index in [1.165, 1.54) is 18.1 Å². The van der Waals surface area contributed by atoms with Gasteiger partial charge in [-0.2, -0.15) is 13.2 Å². The highest BCUT2D eigenvalue weighted by atomic mass is 19.4. The summed E-state index contributed by atoms with van der Waals surface area (Å²) in [6, 6.07) is 4.48. The number of alkyl halides is 3. The van der Waals surface area contributed by atoms with Gasteiger partial charge in [-0.15, -0.1) is 0 Å². The highest BCUT2D eigenvalue weighted by Crippen LogP contribution is 2.32. The average molecular weight is 345 g/mol. The Morgan fingerprint density at radius 2 is 2.04 bits per heavy atom. The van der Waals surface area contributed by atoms with Crippen molar-refractivity contribution >= 4 is 5.91 Å². The van der Waals surface area contributed by atoms with Gasteiger partial charge in [0.2, 0.25) is 5.91 Å². The van der Waals surface area contributed by atoms with Gasteiger partial charge in [-0.05, 0) is 30.5 Å². The van der Waals surface area contributed by atoms with Crippen molar-refractivity contribution in [3.05, 3.63) is 35.4 Å². The zero-order chi connectivity index (χ0) is 17.7. The summed E-state index contributed by atoms with van der Waals surface area (Å²) in [4.78, 5) is 14.2. The van der Waals surface area contributed by atoms with Crippen LogP contribution < -0.4 is 0 Å². The first kappa shape index (κ1) is 18.7. The number of carbonyl (C=O) groups excluding carboxylic acids is 1. The fourth-order valence-electron chi connectivity index (χ4n) is 2.90. The maximum Gasteiger partial charge on any atom is 0.416 e. The van der Waals surface area contributed by atoms with E-state index in [0.29, 0.717) is 31.6 Å². The van der Waals surface area contributed by atoms with Crippen LogP contribution >= 0.6 is 0 Å². The van der Waals surface area contributed by atoms with Crippen molar-refractivity contribution < 1.29 is 27.4 Å². The van der Waals surface area contributed by atoms with E-state index < -0.39 is 17.8 Å². The maximum atomic E-state index is 12.9. The molecule has 0 aliphatic carbocycles. The lowest BCUT2D eigenvalue weighted by Gasteiger charge is -2.32. The van der Waals surface area contributed by atoms with Crippen LogP contribution in [0.2, 0.25) is 0 Å². The molecule has 1 aliphatic rings. The van der Waals surface area contributed by atoms with E-state index in [9.17, 15) is 18.0 Å². The number of carbonyl (C=O) groups is 1. The summed E-state index contributed by atoms with van der Waals surface area (Å²) in [5.41, 5.74) is -0.317. The highest BCUT2D eigenvalue weighted by Gasteiger charge is 2.33. The molecule has 1 heterocycles. The summed E-state index contributed by atoms with van der Waals surface area (Å²) in [6.45, 7) is 1.19. The number of hydrogen-bond donors (Lipinski definition) is 0. The normalized spacial score (nSPS) is 17.5. The lowest BCUT2D eigenvalue weighted by molar-refractivity contribution is -0.140. The predicted molar refractivity (Wildman–Crippen MR) is 82.4 cm³/mol. The van der Waals surface area contributed by atoms with Crippen LogP contribution in [0.1, 0.15) is 30.0 Å². The van der Waals surface area contributed by atoms with E-state index in [1.54, 1.807) is 13.1 Å². The number of nitrogens with zero attached hydrogens (tertiary/aromatic N) is 1. The molecule has 1 aromatic carbocycles. The molecule has 0 bridgehead atoms. The molecular weight excluding hydrogens is 323 g/mol. The van der Waals surface area contributed by atoms with Crippen LogP contribution in [-0.2, 0) is 20.4 Å². The van der Waals surface area contributed by atoms with Crippen molar-refractivity contribution in [3.8, 4) is 0 Å². The highest BCUT2D eigenvalue weighted by molar-refractivity contribution is 5.79. The summed E-state index contributed by atoms with van der Waals surface area (Å²) >= 11 is 0. The van der Waals surface area contributed by atoms with Gasteiger partial charge in [-0.1, -0.05) is 12.1 Å². The van der Waals surface area contributed by atoms with Crippen molar-refractivity contribution in [1.82, 2.24) is 4.90 Å². The second-order valence-corrected chi connectivity index (χ2v) is 5.93. The first-order valence-corrected chi connectivity index (χ1v) is 7.85. The summed E-state index contributed by atoms with van der Waals surface area (Å²) in [7, 11) is 3.08. The van der Waals surface area contributed by atoms with Gasteiger partial charge in [-0.25, -0.2) is 0 Å².